The Bertz CT molecular complexity index is 445. The molecule has 0 spiro atoms. The van der Waals surface area contributed by atoms with E-state index in [0.29, 0.717) is 12.7 Å². The minimum Gasteiger partial charge on any atom is -0.381 e. The maximum absolute atomic E-state index is 5.92. The molecule has 2 N–H and O–H groups in total. The molecule has 1 fully saturated rings. The van der Waals surface area contributed by atoms with Gasteiger partial charge in [0.15, 0.2) is 5.96 Å². The Balaban J connectivity index is 0.00000242. The smallest absolute Gasteiger partial charge is 0.190 e. The second-order valence-electron chi connectivity index (χ2n) is 5.11. The van der Waals surface area contributed by atoms with Gasteiger partial charge in [0.2, 0.25) is 0 Å². The lowest BCUT2D eigenvalue weighted by Gasteiger charge is -2.22. The predicted octanol–water partition coefficient (Wildman–Crippen LogP) is 2.30. The van der Waals surface area contributed by atoms with E-state index < -0.39 is 0 Å². The lowest BCUT2D eigenvalue weighted by atomic mass is 10.1. The van der Waals surface area contributed by atoms with E-state index in [1.165, 1.54) is 11.1 Å². The predicted molar refractivity (Wildman–Crippen MR) is 99.7 cm³/mol. The minimum absolute atomic E-state index is 0. The first-order valence-corrected chi connectivity index (χ1v) is 7.47. The highest BCUT2D eigenvalue weighted by atomic mass is 127. The van der Waals surface area contributed by atoms with Gasteiger partial charge in [-0.25, -0.2) is 0 Å². The largest absolute Gasteiger partial charge is 0.381 e. The minimum atomic E-state index is 0. The molecular weight excluding hydrogens is 393 g/mol. The van der Waals surface area contributed by atoms with E-state index in [9.17, 15) is 0 Å². The molecule has 0 saturated carbocycles. The van der Waals surface area contributed by atoms with Crippen LogP contribution in [0.2, 0.25) is 0 Å². The molecule has 1 saturated heterocycles. The van der Waals surface area contributed by atoms with Crippen LogP contribution in [0.15, 0.2) is 29.3 Å². The summed E-state index contributed by atoms with van der Waals surface area (Å²) < 4.78 is 11.2. The zero-order chi connectivity index (χ0) is 14.9. The summed E-state index contributed by atoms with van der Waals surface area (Å²) in [7, 11) is 3.61. The number of benzene rings is 1. The van der Waals surface area contributed by atoms with Crippen LogP contribution >= 0.6 is 24.0 Å². The molecule has 5 nitrogen and oxygen atoms in total. The van der Waals surface area contributed by atoms with Gasteiger partial charge < -0.3 is 20.1 Å². The van der Waals surface area contributed by atoms with Crippen molar-refractivity contribution in [2.45, 2.75) is 32.1 Å². The van der Waals surface area contributed by atoms with Crippen LogP contribution in [0.3, 0.4) is 0 Å². The van der Waals surface area contributed by atoms with Gasteiger partial charge in [0.05, 0.1) is 12.7 Å². The molecule has 0 unspecified atom stereocenters. The lowest BCUT2D eigenvalue weighted by molar-refractivity contribution is -0.0390. The molecule has 22 heavy (non-hydrogen) atoms. The Hall–Kier alpha value is -0.860. The maximum Gasteiger partial charge on any atom is 0.190 e. The summed E-state index contributed by atoms with van der Waals surface area (Å²) >= 11 is 0. The molecule has 0 atom stereocenters. The van der Waals surface area contributed by atoms with Gasteiger partial charge in [-0.2, -0.15) is 0 Å². The van der Waals surface area contributed by atoms with Crippen molar-refractivity contribution in [1.29, 1.82) is 0 Å². The quantitative estimate of drug-likeness (QED) is 0.437. The molecule has 0 aliphatic carbocycles. The average Bonchev–Trinajstić information content (AvgIpc) is 2.56. The van der Waals surface area contributed by atoms with Crippen molar-refractivity contribution in [3.05, 3.63) is 35.4 Å². The SMILES string of the molecule is CN=C(NC)NCc1ccc(COC2CCOCC2)cc1.I. The molecule has 0 amide bonds. The van der Waals surface area contributed by atoms with E-state index in [-0.39, 0.29) is 24.0 Å². The summed E-state index contributed by atoms with van der Waals surface area (Å²) in [4.78, 5) is 4.08. The van der Waals surface area contributed by atoms with Crippen LogP contribution in [-0.4, -0.2) is 39.4 Å². The molecule has 1 aliphatic rings. The molecular formula is C16H26IN3O2. The first kappa shape index (κ1) is 19.2. The Morgan fingerprint density at radius 3 is 2.45 bits per heavy atom. The van der Waals surface area contributed by atoms with E-state index in [1.54, 1.807) is 7.05 Å². The summed E-state index contributed by atoms with van der Waals surface area (Å²) in [6.07, 6.45) is 2.36. The normalized spacial score (nSPS) is 16.0. The van der Waals surface area contributed by atoms with Crippen molar-refractivity contribution in [2.75, 3.05) is 27.3 Å². The number of aliphatic imine (C=N–C) groups is 1. The highest BCUT2D eigenvalue weighted by Crippen LogP contribution is 2.13. The van der Waals surface area contributed by atoms with Crippen molar-refractivity contribution >= 4 is 29.9 Å². The van der Waals surface area contributed by atoms with Crippen molar-refractivity contribution in [3.8, 4) is 0 Å². The Labute approximate surface area is 149 Å². The van der Waals surface area contributed by atoms with Gasteiger partial charge >= 0.3 is 0 Å². The van der Waals surface area contributed by atoms with Crippen molar-refractivity contribution in [3.63, 3.8) is 0 Å². The summed E-state index contributed by atoms with van der Waals surface area (Å²) in [6, 6.07) is 8.49. The fourth-order valence-corrected chi connectivity index (χ4v) is 2.28. The summed E-state index contributed by atoms with van der Waals surface area (Å²) in [5.74, 6) is 0.793. The number of guanidine groups is 1. The molecule has 1 heterocycles. The molecule has 1 aromatic rings. The molecule has 2 rings (SSSR count). The van der Waals surface area contributed by atoms with Crippen LogP contribution in [-0.2, 0) is 22.6 Å². The lowest BCUT2D eigenvalue weighted by Crippen LogP contribution is -2.34. The van der Waals surface area contributed by atoms with E-state index in [1.807, 2.05) is 7.05 Å². The van der Waals surface area contributed by atoms with Crippen molar-refractivity contribution in [2.24, 2.45) is 4.99 Å². The fourth-order valence-electron chi connectivity index (χ4n) is 2.28. The fraction of sp³-hybridized carbons (Fsp3) is 0.562. The van der Waals surface area contributed by atoms with Crippen LogP contribution in [0.25, 0.3) is 0 Å². The molecule has 0 radical (unpaired) electrons. The number of rotatable bonds is 5. The van der Waals surface area contributed by atoms with Gasteiger partial charge in [-0.3, -0.25) is 4.99 Å². The van der Waals surface area contributed by atoms with Gasteiger partial charge in [0.25, 0.3) is 0 Å². The second-order valence-corrected chi connectivity index (χ2v) is 5.11. The Kier molecular flexibility index (Phi) is 9.42. The van der Waals surface area contributed by atoms with E-state index in [4.69, 9.17) is 9.47 Å². The summed E-state index contributed by atoms with van der Waals surface area (Å²) in [5.41, 5.74) is 2.43. The summed E-state index contributed by atoms with van der Waals surface area (Å²) in [6.45, 7) is 3.08. The molecule has 0 aromatic heterocycles. The third-order valence-electron chi connectivity index (χ3n) is 3.60. The number of hydrogen-bond donors (Lipinski definition) is 2. The van der Waals surface area contributed by atoms with Crippen LogP contribution in [0.5, 0.6) is 0 Å². The van der Waals surface area contributed by atoms with Crippen molar-refractivity contribution in [1.82, 2.24) is 10.6 Å². The molecule has 1 aliphatic heterocycles. The average molecular weight is 419 g/mol. The topological polar surface area (TPSA) is 54.9 Å². The first-order valence-electron chi connectivity index (χ1n) is 7.47. The van der Waals surface area contributed by atoms with Crippen LogP contribution in [0.1, 0.15) is 24.0 Å². The Morgan fingerprint density at radius 1 is 1.23 bits per heavy atom. The number of nitrogens with one attached hydrogen (secondary N) is 2. The van der Waals surface area contributed by atoms with Gasteiger partial charge in [0, 0.05) is 33.9 Å². The second kappa shape index (κ2) is 10.8. The van der Waals surface area contributed by atoms with E-state index in [2.05, 4.69) is 39.9 Å². The first-order chi connectivity index (χ1) is 10.3. The van der Waals surface area contributed by atoms with Crippen molar-refractivity contribution < 1.29 is 9.47 Å². The standard InChI is InChI=1S/C16H25N3O2.HI/c1-17-16(18-2)19-11-13-3-5-14(6-4-13)12-21-15-7-9-20-10-8-15;/h3-6,15H,7-12H2,1-2H3,(H2,17,18,19);1H. The molecule has 6 heteroatoms. The zero-order valence-corrected chi connectivity index (χ0v) is 15.6. The van der Waals surface area contributed by atoms with E-state index in [0.717, 1.165) is 38.6 Å². The summed E-state index contributed by atoms with van der Waals surface area (Å²) in [5, 5.41) is 6.23. The number of ether oxygens (including phenoxy) is 2. The molecule has 124 valence electrons. The van der Waals surface area contributed by atoms with Crippen LogP contribution in [0.4, 0.5) is 0 Å². The number of hydrogen-bond acceptors (Lipinski definition) is 3. The van der Waals surface area contributed by atoms with Crippen LogP contribution in [0, 0.1) is 0 Å². The highest BCUT2D eigenvalue weighted by molar-refractivity contribution is 14.0. The highest BCUT2D eigenvalue weighted by Gasteiger charge is 2.13. The van der Waals surface area contributed by atoms with E-state index >= 15 is 0 Å². The van der Waals surface area contributed by atoms with Gasteiger partial charge in [-0.15, -0.1) is 24.0 Å². The third-order valence-corrected chi connectivity index (χ3v) is 3.60. The monoisotopic (exact) mass is 419 g/mol. The maximum atomic E-state index is 5.92. The molecule has 0 bridgehead atoms. The Morgan fingerprint density at radius 2 is 1.86 bits per heavy atom. The number of halogens is 1. The van der Waals surface area contributed by atoms with Gasteiger partial charge in [-0.05, 0) is 24.0 Å². The van der Waals surface area contributed by atoms with Gasteiger partial charge in [-0.1, -0.05) is 24.3 Å². The van der Waals surface area contributed by atoms with Gasteiger partial charge in [0.1, 0.15) is 0 Å². The molecule has 1 aromatic carbocycles. The number of nitrogens with zero attached hydrogens (tertiary/aromatic N) is 1. The van der Waals surface area contributed by atoms with Crippen LogP contribution < -0.4 is 10.6 Å². The zero-order valence-electron chi connectivity index (χ0n) is 13.3. The third kappa shape index (κ3) is 6.50.